The molecular weight excluding hydrogens is 202 g/mol. The van der Waals surface area contributed by atoms with Crippen LogP contribution in [0.15, 0.2) is 0 Å². The summed E-state index contributed by atoms with van der Waals surface area (Å²) in [6.07, 6.45) is 4.24. The highest BCUT2D eigenvalue weighted by Crippen LogP contribution is 2.46. The molecule has 3 heteroatoms. The van der Waals surface area contributed by atoms with Gasteiger partial charge in [0.15, 0.2) is 0 Å². The van der Waals surface area contributed by atoms with Crippen molar-refractivity contribution >= 4 is 0 Å². The third-order valence-corrected chi connectivity index (χ3v) is 3.55. The lowest BCUT2D eigenvalue weighted by atomic mass is 10.1. The molecule has 1 heterocycles. The Kier molecular flexibility index (Phi) is 4.22. The summed E-state index contributed by atoms with van der Waals surface area (Å²) in [5, 5.41) is 0. The normalized spacial score (nSPS) is 25.7. The molecule has 1 saturated carbocycles. The topological polar surface area (TPSA) is 21.7 Å². The highest BCUT2D eigenvalue weighted by Gasteiger charge is 2.44. The minimum Gasteiger partial charge on any atom is -0.380 e. The molecule has 1 saturated heterocycles. The summed E-state index contributed by atoms with van der Waals surface area (Å²) in [5.74, 6) is 0. The van der Waals surface area contributed by atoms with E-state index in [2.05, 4.69) is 18.7 Å². The van der Waals surface area contributed by atoms with E-state index in [9.17, 15) is 0 Å². The van der Waals surface area contributed by atoms with Crippen LogP contribution in [0, 0.1) is 5.41 Å². The summed E-state index contributed by atoms with van der Waals surface area (Å²) < 4.78 is 11.3. The van der Waals surface area contributed by atoms with Crippen LogP contribution in [0.4, 0.5) is 0 Å². The second-order valence-corrected chi connectivity index (χ2v) is 5.60. The number of rotatable bonds is 5. The number of hydrogen-bond donors (Lipinski definition) is 0. The lowest BCUT2D eigenvalue weighted by Crippen LogP contribution is -2.35. The van der Waals surface area contributed by atoms with Crippen LogP contribution in [-0.4, -0.2) is 50.5 Å². The monoisotopic (exact) mass is 227 g/mol. The second-order valence-electron chi connectivity index (χ2n) is 5.60. The van der Waals surface area contributed by atoms with Crippen molar-refractivity contribution in [3.63, 3.8) is 0 Å². The van der Waals surface area contributed by atoms with Gasteiger partial charge in [-0.2, -0.15) is 0 Å². The van der Waals surface area contributed by atoms with Crippen molar-refractivity contribution in [1.29, 1.82) is 0 Å². The van der Waals surface area contributed by atoms with Gasteiger partial charge in [0.25, 0.3) is 0 Å². The summed E-state index contributed by atoms with van der Waals surface area (Å²) in [4.78, 5) is 2.56. The Balaban J connectivity index is 1.74. The van der Waals surface area contributed by atoms with Gasteiger partial charge < -0.3 is 14.4 Å². The Morgan fingerprint density at radius 2 is 2.06 bits per heavy atom. The van der Waals surface area contributed by atoms with Gasteiger partial charge in [-0.3, -0.25) is 0 Å². The van der Waals surface area contributed by atoms with Gasteiger partial charge in [0.2, 0.25) is 0 Å². The fraction of sp³-hybridized carbons (Fsp3) is 1.00. The van der Waals surface area contributed by atoms with Crippen molar-refractivity contribution in [3.8, 4) is 0 Å². The zero-order valence-electron chi connectivity index (χ0n) is 10.7. The zero-order chi connectivity index (χ0) is 11.4. The average Bonchev–Trinajstić information content (AvgIpc) is 3.02. The van der Waals surface area contributed by atoms with Gasteiger partial charge >= 0.3 is 0 Å². The van der Waals surface area contributed by atoms with Gasteiger partial charge in [0, 0.05) is 31.7 Å². The molecule has 2 fully saturated rings. The maximum Gasteiger partial charge on any atom is 0.0593 e. The average molecular weight is 227 g/mol. The van der Waals surface area contributed by atoms with E-state index in [1.807, 2.05) is 0 Å². The smallest absolute Gasteiger partial charge is 0.0593 e. The van der Waals surface area contributed by atoms with E-state index >= 15 is 0 Å². The Labute approximate surface area is 99.1 Å². The fourth-order valence-corrected chi connectivity index (χ4v) is 2.30. The number of hydrogen-bond acceptors (Lipinski definition) is 3. The second kappa shape index (κ2) is 5.48. The predicted molar refractivity (Wildman–Crippen MR) is 64.6 cm³/mol. The van der Waals surface area contributed by atoms with Crippen LogP contribution >= 0.6 is 0 Å². The van der Waals surface area contributed by atoms with Gasteiger partial charge in [0.05, 0.1) is 19.3 Å². The van der Waals surface area contributed by atoms with Crippen LogP contribution in [0.25, 0.3) is 0 Å². The first-order chi connectivity index (χ1) is 7.70. The van der Waals surface area contributed by atoms with E-state index in [0.29, 0.717) is 11.5 Å². The molecule has 0 amide bonds. The third-order valence-electron chi connectivity index (χ3n) is 3.55. The van der Waals surface area contributed by atoms with Crippen molar-refractivity contribution < 1.29 is 9.47 Å². The van der Waals surface area contributed by atoms with Gasteiger partial charge in [-0.1, -0.05) is 0 Å². The minimum atomic E-state index is 0.366. The van der Waals surface area contributed by atoms with Crippen LogP contribution < -0.4 is 0 Å². The van der Waals surface area contributed by atoms with Crippen molar-refractivity contribution in [2.75, 3.05) is 39.5 Å². The van der Waals surface area contributed by atoms with Crippen LogP contribution in [0.5, 0.6) is 0 Å². The Bertz CT molecular complexity index is 206. The van der Waals surface area contributed by atoms with E-state index < -0.39 is 0 Å². The third kappa shape index (κ3) is 3.72. The molecule has 0 aromatic heterocycles. The minimum absolute atomic E-state index is 0.366. The molecule has 2 aliphatic rings. The number of ether oxygens (including phenoxy) is 2. The SMILES string of the molecule is CC(C)OCC1(CN2CCCOCC2)CC1. The summed E-state index contributed by atoms with van der Waals surface area (Å²) in [5.41, 5.74) is 0.481. The first-order valence-corrected chi connectivity index (χ1v) is 6.62. The molecule has 0 unspecified atom stereocenters. The van der Waals surface area contributed by atoms with Gasteiger partial charge in [-0.05, 0) is 33.1 Å². The first-order valence-electron chi connectivity index (χ1n) is 6.62. The van der Waals surface area contributed by atoms with Crippen molar-refractivity contribution in [3.05, 3.63) is 0 Å². The molecule has 0 bridgehead atoms. The van der Waals surface area contributed by atoms with E-state index in [0.717, 1.165) is 26.4 Å². The van der Waals surface area contributed by atoms with Gasteiger partial charge in [0.1, 0.15) is 0 Å². The van der Waals surface area contributed by atoms with E-state index in [1.165, 1.54) is 32.4 Å². The molecule has 2 rings (SSSR count). The largest absolute Gasteiger partial charge is 0.380 e. The molecule has 1 aliphatic carbocycles. The van der Waals surface area contributed by atoms with Crippen LogP contribution in [-0.2, 0) is 9.47 Å². The Hall–Kier alpha value is -0.120. The summed E-state index contributed by atoms with van der Waals surface area (Å²) in [7, 11) is 0. The summed E-state index contributed by atoms with van der Waals surface area (Å²) >= 11 is 0. The van der Waals surface area contributed by atoms with Crippen molar-refractivity contribution in [2.45, 2.75) is 39.2 Å². The summed E-state index contributed by atoms with van der Waals surface area (Å²) in [6.45, 7) is 10.5. The maximum atomic E-state index is 5.78. The van der Waals surface area contributed by atoms with E-state index in [4.69, 9.17) is 9.47 Å². The maximum absolute atomic E-state index is 5.78. The molecule has 94 valence electrons. The van der Waals surface area contributed by atoms with E-state index in [-0.39, 0.29) is 0 Å². The molecule has 0 aromatic carbocycles. The van der Waals surface area contributed by atoms with Crippen LogP contribution in [0.2, 0.25) is 0 Å². The molecule has 1 aliphatic heterocycles. The lowest BCUT2D eigenvalue weighted by Gasteiger charge is -2.26. The van der Waals surface area contributed by atoms with Crippen molar-refractivity contribution in [1.82, 2.24) is 4.90 Å². The molecule has 0 aromatic rings. The first kappa shape index (κ1) is 12.3. The zero-order valence-corrected chi connectivity index (χ0v) is 10.7. The van der Waals surface area contributed by atoms with Crippen LogP contribution in [0.3, 0.4) is 0 Å². The van der Waals surface area contributed by atoms with Crippen molar-refractivity contribution in [2.24, 2.45) is 5.41 Å². The molecule has 0 atom stereocenters. The van der Waals surface area contributed by atoms with Gasteiger partial charge in [-0.25, -0.2) is 0 Å². The molecule has 0 spiro atoms. The highest BCUT2D eigenvalue weighted by atomic mass is 16.5. The highest BCUT2D eigenvalue weighted by molar-refractivity contribution is 4.95. The van der Waals surface area contributed by atoms with Crippen LogP contribution in [0.1, 0.15) is 33.1 Å². The predicted octanol–water partition coefficient (Wildman–Crippen LogP) is 1.91. The Morgan fingerprint density at radius 1 is 1.25 bits per heavy atom. The Morgan fingerprint density at radius 3 is 2.75 bits per heavy atom. The quantitative estimate of drug-likeness (QED) is 0.716. The molecular formula is C13H25NO2. The molecule has 3 nitrogen and oxygen atoms in total. The number of nitrogens with zero attached hydrogens (tertiary/aromatic N) is 1. The molecule has 16 heavy (non-hydrogen) atoms. The van der Waals surface area contributed by atoms with Gasteiger partial charge in [-0.15, -0.1) is 0 Å². The molecule has 0 radical (unpaired) electrons. The fourth-order valence-electron chi connectivity index (χ4n) is 2.30. The lowest BCUT2D eigenvalue weighted by molar-refractivity contribution is 0.0305. The van der Waals surface area contributed by atoms with E-state index in [1.54, 1.807) is 0 Å². The molecule has 0 N–H and O–H groups in total. The standard InChI is InChI=1S/C13H25NO2/c1-12(2)16-11-13(4-5-13)10-14-6-3-8-15-9-7-14/h12H,3-11H2,1-2H3. The summed E-state index contributed by atoms with van der Waals surface area (Å²) in [6, 6.07) is 0.